The van der Waals surface area contributed by atoms with Crippen LogP contribution in [0.1, 0.15) is 19.0 Å². The first kappa shape index (κ1) is 17.4. The van der Waals surface area contributed by atoms with Crippen LogP contribution in [0.4, 0.5) is 0 Å². The zero-order chi connectivity index (χ0) is 18.6. The van der Waals surface area contributed by atoms with E-state index >= 15 is 0 Å². The molecule has 4 rings (SSSR count). The summed E-state index contributed by atoms with van der Waals surface area (Å²) in [5.74, 6) is 0.594. The third kappa shape index (κ3) is 3.88. The van der Waals surface area contributed by atoms with Crippen molar-refractivity contribution in [1.82, 2.24) is 24.9 Å². The number of fused-ring (bicyclic) bond motifs is 1. The van der Waals surface area contributed by atoms with Crippen LogP contribution in [0.15, 0.2) is 69.8 Å². The van der Waals surface area contributed by atoms with Gasteiger partial charge in [0.2, 0.25) is 0 Å². The van der Waals surface area contributed by atoms with Crippen molar-refractivity contribution in [2.45, 2.75) is 29.9 Å². The molecule has 27 heavy (non-hydrogen) atoms. The summed E-state index contributed by atoms with van der Waals surface area (Å²) in [6, 6.07) is 13.1. The molecule has 0 aliphatic heterocycles. The quantitative estimate of drug-likeness (QED) is 0.421. The Morgan fingerprint density at radius 1 is 1.07 bits per heavy atom. The molecular formula is C20H17N5OS. The Labute approximate surface area is 160 Å². The minimum atomic E-state index is -0.151. The summed E-state index contributed by atoms with van der Waals surface area (Å²) in [6.45, 7) is 2.06. The number of aryl methyl sites for hydroxylation is 1. The van der Waals surface area contributed by atoms with E-state index in [1.807, 2.05) is 36.4 Å². The van der Waals surface area contributed by atoms with Gasteiger partial charge in [0.05, 0.1) is 5.52 Å². The number of hydrogen-bond acceptors (Lipinski definition) is 6. The average Bonchev–Trinajstić information content (AvgIpc) is 2.68. The molecule has 0 saturated heterocycles. The maximum atomic E-state index is 12.0. The van der Waals surface area contributed by atoms with E-state index in [0.29, 0.717) is 11.0 Å². The van der Waals surface area contributed by atoms with Crippen molar-refractivity contribution in [2.75, 3.05) is 0 Å². The number of hydrogen-bond donors (Lipinski definition) is 1. The number of aromatic nitrogens is 5. The molecule has 0 unspecified atom stereocenters. The molecule has 0 radical (unpaired) electrons. The van der Waals surface area contributed by atoms with Gasteiger partial charge in [-0.1, -0.05) is 31.5 Å². The Hall–Kier alpha value is -3.06. The van der Waals surface area contributed by atoms with Crippen molar-refractivity contribution in [3.8, 4) is 11.4 Å². The van der Waals surface area contributed by atoms with E-state index in [1.54, 1.807) is 18.5 Å². The number of rotatable bonds is 5. The van der Waals surface area contributed by atoms with Gasteiger partial charge in [-0.05, 0) is 36.4 Å². The molecular weight excluding hydrogens is 358 g/mol. The number of aromatic amines is 1. The fourth-order valence-electron chi connectivity index (χ4n) is 2.76. The van der Waals surface area contributed by atoms with Crippen molar-refractivity contribution in [2.24, 2.45) is 0 Å². The van der Waals surface area contributed by atoms with Gasteiger partial charge in [-0.3, -0.25) is 9.78 Å². The lowest BCUT2D eigenvalue weighted by Gasteiger charge is -2.08. The lowest BCUT2D eigenvalue weighted by atomic mass is 10.2. The molecule has 7 heteroatoms. The van der Waals surface area contributed by atoms with Crippen molar-refractivity contribution in [3.05, 3.63) is 70.9 Å². The zero-order valence-corrected chi connectivity index (χ0v) is 15.5. The lowest BCUT2D eigenvalue weighted by molar-refractivity contribution is 0.815. The van der Waals surface area contributed by atoms with E-state index in [4.69, 9.17) is 4.98 Å². The van der Waals surface area contributed by atoms with E-state index in [1.165, 1.54) is 11.8 Å². The van der Waals surface area contributed by atoms with Gasteiger partial charge in [-0.25, -0.2) is 15.0 Å². The highest BCUT2D eigenvalue weighted by molar-refractivity contribution is 7.99. The SMILES string of the molecule is CCCc1cc(=O)[nH]c(Sc2nc(-c3cccnc3)nc3ccccc23)n1. The first-order chi connectivity index (χ1) is 13.2. The Balaban J connectivity index is 1.82. The largest absolute Gasteiger partial charge is 0.301 e. The predicted molar refractivity (Wildman–Crippen MR) is 106 cm³/mol. The van der Waals surface area contributed by atoms with Gasteiger partial charge in [0.15, 0.2) is 11.0 Å². The molecule has 3 aromatic heterocycles. The van der Waals surface area contributed by atoms with Gasteiger partial charge in [0.25, 0.3) is 5.56 Å². The van der Waals surface area contributed by atoms with Crippen LogP contribution in [0.25, 0.3) is 22.3 Å². The van der Waals surface area contributed by atoms with Gasteiger partial charge in [-0.15, -0.1) is 0 Å². The summed E-state index contributed by atoms with van der Waals surface area (Å²) < 4.78 is 0. The number of nitrogens with one attached hydrogen (secondary N) is 1. The average molecular weight is 375 g/mol. The summed E-state index contributed by atoms with van der Waals surface area (Å²) in [6.07, 6.45) is 5.15. The fourth-order valence-corrected chi connectivity index (χ4v) is 3.67. The second-order valence-electron chi connectivity index (χ2n) is 6.01. The summed E-state index contributed by atoms with van der Waals surface area (Å²) in [5.41, 5.74) is 2.31. The van der Waals surface area contributed by atoms with Crippen LogP contribution in [-0.2, 0) is 6.42 Å². The molecule has 0 bridgehead atoms. The summed E-state index contributed by atoms with van der Waals surface area (Å²) in [4.78, 5) is 32.9. The molecule has 134 valence electrons. The molecule has 6 nitrogen and oxygen atoms in total. The predicted octanol–water partition coefficient (Wildman–Crippen LogP) is 3.88. The second kappa shape index (κ2) is 7.67. The number of benzene rings is 1. The van der Waals surface area contributed by atoms with Gasteiger partial charge < -0.3 is 4.98 Å². The molecule has 0 spiro atoms. The van der Waals surface area contributed by atoms with Crippen molar-refractivity contribution >= 4 is 22.7 Å². The molecule has 1 N–H and O–H groups in total. The lowest BCUT2D eigenvalue weighted by Crippen LogP contribution is -2.10. The van der Waals surface area contributed by atoms with E-state index < -0.39 is 0 Å². The van der Waals surface area contributed by atoms with Crippen LogP contribution in [0.2, 0.25) is 0 Å². The van der Waals surface area contributed by atoms with E-state index in [2.05, 4.69) is 26.9 Å². The zero-order valence-electron chi connectivity index (χ0n) is 14.7. The Kier molecular flexibility index (Phi) is 4.93. The molecule has 0 aliphatic carbocycles. The first-order valence-corrected chi connectivity index (χ1v) is 9.50. The highest BCUT2D eigenvalue weighted by atomic mass is 32.2. The van der Waals surface area contributed by atoms with Gasteiger partial charge in [-0.2, -0.15) is 0 Å². The number of para-hydroxylation sites is 1. The molecule has 0 amide bonds. The van der Waals surface area contributed by atoms with Crippen molar-refractivity contribution in [1.29, 1.82) is 0 Å². The monoisotopic (exact) mass is 375 g/mol. The van der Waals surface area contributed by atoms with Crippen LogP contribution in [0.3, 0.4) is 0 Å². The van der Waals surface area contributed by atoms with Crippen molar-refractivity contribution < 1.29 is 0 Å². The smallest absolute Gasteiger partial charge is 0.251 e. The van der Waals surface area contributed by atoms with Crippen LogP contribution in [-0.4, -0.2) is 24.9 Å². The van der Waals surface area contributed by atoms with Gasteiger partial charge in [0, 0.05) is 35.1 Å². The minimum absolute atomic E-state index is 0.151. The molecule has 0 atom stereocenters. The standard InChI is InChI=1S/C20H17N5OS/c1-2-6-14-11-17(26)24-20(22-14)27-19-15-8-3-4-9-16(15)23-18(25-19)13-7-5-10-21-12-13/h3-5,7-12H,2,6H2,1H3,(H,22,24,26). The second-order valence-corrected chi connectivity index (χ2v) is 6.98. The first-order valence-electron chi connectivity index (χ1n) is 8.68. The van der Waals surface area contributed by atoms with Crippen LogP contribution in [0.5, 0.6) is 0 Å². The highest BCUT2D eigenvalue weighted by Crippen LogP contribution is 2.31. The van der Waals surface area contributed by atoms with Crippen LogP contribution >= 0.6 is 11.8 Å². The normalized spacial score (nSPS) is 11.0. The number of pyridine rings is 1. The molecule has 3 heterocycles. The Morgan fingerprint density at radius 2 is 1.96 bits per heavy atom. The summed E-state index contributed by atoms with van der Waals surface area (Å²) >= 11 is 1.34. The van der Waals surface area contributed by atoms with E-state index in [-0.39, 0.29) is 5.56 Å². The fraction of sp³-hybridized carbons (Fsp3) is 0.150. The topological polar surface area (TPSA) is 84.4 Å². The molecule has 4 aromatic rings. The maximum Gasteiger partial charge on any atom is 0.251 e. The number of H-pyrrole nitrogens is 1. The maximum absolute atomic E-state index is 12.0. The van der Waals surface area contributed by atoms with E-state index in [9.17, 15) is 4.79 Å². The number of nitrogens with zero attached hydrogens (tertiary/aromatic N) is 4. The Morgan fingerprint density at radius 3 is 2.78 bits per heavy atom. The molecule has 0 saturated carbocycles. The van der Waals surface area contributed by atoms with Crippen LogP contribution < -0.4 is 5.56 Å². The third-order valence-electron chi connectivity index (χ3n) is 3.96. The molecule has 0 aliphatic rings. The van der Waals surface area contributed by atoms with Crippen LogP contribution in [0, 0.1) is 0 Å². The summed E-state index contributed by atoms with van der Waals surface area (Å²) in [7, 11) is 0. The van der Waals surface area contributed by atoms with Gasteiger partial charge in [0.1, 0.15) is 5.03 Å². The van der Waals surface area contributed by atoms with Gasteiger partial charge >= 0.3 is 0 Å². The van der Waals surface area contributed by atoms with Crippen molar-refractivity contribution in [3.63, 3.8) is 0 Å². The third-order valence-corrected chi connectivity index (χ3v) is 4.85. The minimum Gasteiger partial charge on any atom is -0.301 e. The Bertz CT molecular complexity index is 1140. The summed E-state index contributed by atoms with van der Waals surface area (Å²) in [5, 5.41) is 2.20. The molecule has 0 fully saturated rings. The van der Waals surface area contributed by atoms with E-state index in [0.717, 1.165) is 40.0 Å². The highest BCUT2D eigenvalue weighted by Gasteiger charge is 2.12. The molecule has 1 aromatic carbocycles.